The first-order valence-electron chi connectivity index (χ1n) is 8.51. The number of piperazine rings is 1. The third-order valence-corrected chi connectivity index (χ3v) is 4.53. The molecule has 130 valence electrons. The molecule has 2 saturated heterocycles. The SMILES string of the molecule is Cc1ccc(OCC(=O)N2CCN(C(=O)C3CCCO3)CC2)cc1. The molecule has 6 nitrogen and oxygen atoms in total. The summed E-state index contributed by atoms with van der Waals surface area (Å²) in [6.07, 6.45) is 1.48. The zero-order chi connectivity index (χ0) is 16.9. The minimum absolute atomic E-state index is 0.0305. The van der Waals surface area contributed by atoms with Crippen molar-refractivity contribution >= 4 is 11.8 Å². The van der Waals surface area contributed by atoms with Gasteiger partial charge in [0.15, 0.2) is 6.61 Å². The van der Waals surface area contributed by atoms with E-state index in [4.69, 9.17) is 9.47 Å². The molecule has 2 aliphatic rings. The second-order valence-electron chi connectivity index (χ2n) is 6.31. The van der Waals surface area contributed by atoms with E-state index in [0.29, 0.717) is 38.5 Å². The summed E-state index contributed by atoms with van der Waals surface area (Å²) in [4.78, 5) is 28.1. The number of amides is 2. The predicted molar refractivity (Wildman–Crippen MR) is 88.8 cm³/mol. The molecule has 0 aromatic heterocycles. The first kappa shape index (κ1) is 16.8. The molecule has 1 aromatic rings. The smallest absolute Gasteiger partial charge is 0.260 e. The summed E-state index contributed by atoms with van der Waals surface area (Å²) in [5.74, 6) is 0.719. The number of aryl methyl sites for hydroxylation is 1. The molecule has 6 heteroatoms. The molecule has 3 rings (SSSR count). The van der Waals surface area contributed by atoms with Gasteiger partial charge in [0.05, 0.1) is 0 Å². The summed E-state index contributed by atoms with van der Waals surface area (Å²) in [6.45, 7) is 4.94. The molecule has 0 aliphatic carbocycles. The molecule has 1 atom stereocenters. The van der Waals surface area contributed by atoms with E-state index in [2.05, 4.69) is 0 Å². The van der Waals surface area contributed by atoms with Gasteiger partial charge in [0.25, 0.3) is 11.8 Å². The highest BCUT2D eigenvalue weighted by atomic mass is 16.5. The van der Waals surface area contributed by atoms with Gasteiger partial charge < -0.3 is 19.3 Å². The lowest BCUT2D eigenvalue weighted by Crippen LogP contribution is -2.53. The minimum Gasteiger partial charge on any atom is -0.484 e. The topological polar surface area (TPSA) is 59.1 Å². The first-order valence-corrected chi connectivity index (χ1v) is 8.51. The van der Waals surface area contributed by atoms with Crippen LogP contribution in [0, 0.1) is 6.92 Å². The number of nitrogens with zero attached hydrogens (tertiary/aromatic N) is 2. The van der Waals surface area contributed by atoms with Gasteiger partial charge in [-0.3, -0.25) is 9.59 Å². The van der Waals surface area contributed by atoms with E-state index < -0.39 is 0 Å². The lowest BCUT2D eigenvalue weighted by atomic mass is 10.2. The van der Waals surface area contributed by atoms with Gasteiger partial charge in [-0.1, -0.05) is 17.7 Å². The number of hydrogen-bond acceptors (Lipinski definition) is 4. The Labute approximate surface area is 142 Å². The van der Waals surface area contributed by atoms with E-state index >= 15 is 0 Å². The molecule has 2 aliphatic heterocycles. The number of carbonyl (C=O) groups is 2. The van der Waals surface area contributed by atoms with Gasteiger partial charge >= 0.3 is 0 Å². The van der Waals surface area contributed by atoms with E-state index in [9.17, 15) is 9.59 Å². The maximum absolute atomic E-state index is 12.3. The summed E-state index contributed by atoms with van der Waals surface area (Å²) in [6, 6.07) is 7.63. The molecule has 2 heterocycles. The van der Waals surface area contributed by atoms with Crippen LogP contribution >= 0.6 is 0 Å². The van der Waals surface area contributed by atoms with Crippen molar-refractivity contribution in [3.8, 4) is 5.75 Å². The van der Waals surface area contributed by atoms with Crippen molar-refractivity contribution in [3.05, 3.63) is 29.8 Å². The molecule has 24 heavy (non-hydrogen) atoms. The van der Waals surface area contributed by atoms with Gasteiger partial charge in [-0.25, -0.2) is 0 Å². The number of hydrogen-bond donors (Lipinski definition) is 0. The van der Waals surface area contributed by atoms with Crippen molar-refractivity contribution in [1.82, 2.24) is 9.80 Å². The molecule has 2 fully saturated rings. The van der Waals surface area contributed by atoms with Crippen LogP contribution in [0.3, 0.4) is 0 Å². The summed E-state index contributed by atoms with van der Waals surface area (Å²) >= 11 is 0. The van der Waals surface area contributed by atoms with Crippen molar-refractivity contribution < 1.29 is 19.1 Å². The standard InChI is InChI=1S/C18H24N2O4/c1-14-4-6-15(7-5-14)24-13-17(21)19-8-10-20(11-9-19)18(22)16-3-2-12-23-16/h4-7,16H,2-3,8-13H2,1H3. The lowest BCUT2D eigenvalue weighted by molar-refractivity contribution is -0.146. The van der Waals surface area contributed by atoms with Crippen molar-refractivity contribution in [1.29, 1.82) is 0 Å². The largest absolute Gasteiger partial charge is 0.484 e. The quantitative estimate of drug-likeness (QED) is 0.832. The van der Waals surface area contributed by atoms with Crippen LogP contribution < -0.4 is 4.74 Å². The number of carbonyl (C=O) groups excluding carboxylic acids is 2. The molecule has 0 spiro atoms. The molecule has 2 amide bonds. The summed E-state index contributed by atoms with van der Waals surface area (Å²) in [5.41, 5.74) is 1.15. The van der Waals surface area contributed by atoms with Gasteiger partial charge in [0, 0.05) is 32.8 Å². The van der Waals surface area contributed by atoms with Crippen LogP contribution in [-0.2, 0) is 14.3 Å². The van der Waals surface area contributed by atoms with Gasteiger partial charge in [-0.05, 0) is 31.9 Å². The zero-order valence-corrected chi connectivity index (χ0v) is 14.1. The number of ether oxygens (including phenoxy) is 2. The van der Waals surface area contributed by atoms with E-state index in [1.54, 1.807) is 9.80 Å². The van der Waals surface area contributed by atoms with E-state index in [0.717, 1.165) is 18.4 Å². The van der Waals surface area contributed by atoms with Gasteiger partial charge in [0.1, 0.15) is 11.9 Å². The van der Waals surface area contributed by atoms with Crippen LogP contribution in [0.15, 0.2) is 24.3 Å². The lowest BCUT2D eigenvalue weighted by Gasteiger charge is -2.35. The normalized spacial score (nSPS) is 21.0. The Hall–Kier alpha value is -2.08. The average Bonchev–Trinajstić information content (AvgIpc) is 3.15. The monoisotopic (exact) mass is 332 g/mol. The van der Waals surface area contributed by atoms with E-state index in [1.165, 1.54) is 0 Å². The molecule has 0 N–H and O–H groups in total. The maximum Gasteiger partial charge on any atom is 0.260 e. The van der Waals surface area contributed by atoms with Gasteiger partial charge in [-0.15, -0.1) is 0 Å². The van der Waals surface area contributed by atoms with Crippen LogP contribution in [0.2, 0.25) is 0 Å². The fraction of sp³-hybridized carbons (Fsp3) is 0.556. The van der Waals surface area contributed by atoms with Crippen molar-refractivity contribution in [2.75, 3.05) is 39.4 Å². The fourth-order valence-electron chi connectivity index (χ4n) is 3.02. The van der Waals surface area contributed by atoms with Crippen molar-refractivity contribution in [3.63, 3.8) is 0 Å². The van der Waals surface area contributed by atoms with E-state index in [-0.39, 0.29) is 24.5 Å². The Morgan fingerprint density at radius 1 is 1.12 bits per heavy atom. The highest BCUT2D eigenvalue weighted by Crippen LogP contribution is 2.16. The highest BCUT2D eigenvalue weighted by Gasteiger charge is 2.31. The van der Waals surface area contributed by atoms with E-state index in [1.807, 2.05) is 31.2 Å². The molecule has 1 aromatic carbocycles. The van der Waals surface area contributed by atoms with Gasteiger partial charge in [0.2, 0.25) is 0 Å². The average molecular weight is 332 g/mol. The third-order valence-electron chi connectivity index (χ3n) is 4.53. The third kappa shape index (κ3) is 4.06. The second-order valence-corrected chi connectivity index (χ2v) is 6.31. The van der Waals surface area contributed by atoms with Crippen LogP contribution in [-0.4, -0.2) is 67.1 Å². The second kappa shape index (κ2) is 7.66. The van der Waals surface area contributed by atoms with Gasteiger partial charge in [-0.2, -0.15) is 0 Å². The summed E-state index contributed by atoms with van der Waals surface area (Å²) in [5, 5.41) is 0. The predicted octanol–water partition coefficient (Wildman–Crippen LogP) is 1.22. The molecular formula is C18H24N2O4. The highest BCUT2D eigenvalue weighted by molar-refractivity contribution is 5.82. The molecule has 0 saturated carbocycles. The van der Waals surface area contributed by atoms with Crippen LogP contribution in [0.4, 0.5) is 0 Å². The van der Waals surface area contributed by atoms with Crippen LogP contribution in [0.1, 0.15) is 18.4 Å². The van der Waals surface area contributed by atoms with Crippen molar-refractivity contribution in [2.45, 2.75) is 25.9 Å². The summed E-state index contributed by atoms with van der Waals surface area (Å²) < 4.78 is 11.0. The number of rotatable bonds is 4. The Morgan fingerprint density at radius 3 is 2.42 bits per heavy atom. The Balaban J connectivity index is 1.43. The Kier molecular flexibility index (Phi) is 5.35. The Bertz CT molecular complexity index is 573. The summed E-state index contributed by atoms with van der Waals surface area (Å²) in [7, 11) is 0. The van der Waals surface area contributed by atoms with Crippen LogP contribution in [0.5, 0.6) is 5.75 Å². The maximum atomic E-state index is 12.3. The van der Waals surface area contributed by atoms with Crippen molar-refractivity contribution in [2.24, 2.45) is 0 Å². The first-order chi connectivity index (χ1) is 11.6. The number of benzene rings is 1. The van der Waals surface area contributed by atoms with Crippen LogP contribution in [0.25, 0.3) is 0 Å². The minimum atomic E-state index is -0.280. The zero-order valence-electron chi connectivity index (χ0n) is 14.1. The Morgan fingerprint density at radius 2 is 1.79 bits per heavy atom. The molecular weight excluding hydrogens is 308 g/mol. The molecule has 1 unspecified atom stereocenters. The fourth-order valence-corrected chi connectivity index (χ4v) is 3.02. The molecule has 0 bridgehead atoms. The molecule has 0 radical (unpaired) electrons.